The minimum atomic E-state index is -3.82. The van der Waals surface area contributed by atoms with Crippen LogP contribution in [0.15, 0.2) is 83.8 Å². The van der Waals surface area contributed by atoms with E-state index in [4.69, 9.17) is 4.74 Å². The molecular weight excluding hydrogens is 514 g/mol. The lowest BCUT2D eigenvalue weighted by Crippen LogP contribution is -2.49. The number of para-hydroxylation sites is 2. The second-order valence-corrected chi connectivity index (χ2v) is 12.3. The van der Waals surface area contributed by atoms with Crippen LogP contribution in [0, 0.1) is 0 Å². The van der Waals surface area contributed by atoms with Crippen LogP contribution < -0.4 is 14.4 Å². The molecule has 0 aromatic heterocycles. The molecule has 0 saturated carbocycles. The maximum atomic E-state index is 13.4. The minimum absolute atomic E-state index is 0.121. The monoisotopic (exact) mass is 543 g/mol. The van der Waals surface area contributed by atoms with Gasteiger partial charge in [-0.2, -0.15) is 4.31 Å². The van der Waals surface area contributed by atoms with E-state index in [2.05, 4.69) is 5.32 Å². The van der Waals surface area contributed by atoms with Crippen molar-refractivity contribution in [3.05, 3.63) is 84.4 Å². The molecule has 0 bridgehead atoms. The van der Waals surface area contributed by atoms with Gasteiger partial charge in [-0.05, 0) is 42.0 Å². The summed E-state index contributed by atoms with van der Waals surface area (Å²) in [7, 11) is -7.45. The van der Waals surface area contributed by atoms with Crippen molar-refractivity contribution >= 4 is 37.3 Å². The molecule has 37 heavy (non-hydrogen) atoms. The van der Waals surface area contributed by atoms with Crippen molar-refractivity contribution < 1.29 is 26.4 Å². The molecule has 1 amide bonds. The van der Waals surface area contributed by atoms with Gasteiger partial charge in [0, 0.05) is 18.8 Å². The molecule has 0 fully saturated rings. The van der Waals surface area contributed by atoms with E-state index in [-0.39, 0.29) is 22.9 Å². The quantitative estimate of drug-likeness (QED) is 0.442. The maximum Gasteiger partial charge on any atom is 0.267 e. The molecule has 0 spiro atoms. The molecule has 1 heterocycles. The third-order valence-electron chi connectivity index (χ3n) is 6.02. The van der Waals surface area contributed by atoms with Crippen molar-refractivity contribution in [2.75, 3.05) is 29.3 Å². The number of carbonyl (C=O) groups is 1. The third kappa shape index (κ3) is 5.79. The fraction of sp³-hybridized carbons (Fsp3) is 0.269. The molecule has 1 aliphatic rings. The van der Waals surface area contributed by atoms with Gasteiger partial charge in [0.25, 0.3) is 5.91 Å². The van der Waals surface area contributed by atoms with Gasteiger partial charge in [-0.1, -0.05) is 56.3 Å². The number of nitrogens with one attached hydrogen (secondary N) is 1. The first kappa shape index (κ1) is 26.6. The Morgan fingerprint density at radius 3 is 2.19 bits per heavy atom. The number of fused-ring (bicyclic) bond motifs is 1. The summed E-state index contributed by atoms with van der Waals surface area (Å²) in [5, 5.41) is 2.71. The van der Waals surface area contributed by atoms with E-state index >= 15 is 0 Å². The van der Waals surface area contributed by atoms with Crippen molar-refractivity contribution in [3.63, 3.8) is 0 Å². The zero-order chi connectivity index (χ0) is 26.6. The van der Waals surface area contributed by atoms with Crippen LogP contribution in [0.25, 0.3) is 0 Å². The maximum absolute atomic E-state index is 13.4. The van der Waals surface area contributed by atoms with Crippen LogP contribution in [-0.2, 0) is 30.6 Å². The first-order chi connectivity index (χ1) is 17.7. The van der Waals surface area contributed by atoms with Gasteiger partial charge in [0.05, 0.1) is 22.9 Å². The normalized spacial score (nSPS) is 15.6. The molecule has 11 heteroatoms. The fourth-order valence-corrected chi connectivity index (χ4v) is 7.15. The lowest BCUT2D eigenvalue weighted by molar-refractivity contribution is -0.122. The van der Waals surface area contributed by atoms with Crippen molar-refractivity contribution in [2.24, 2.45) is 0 Å². The van der Waals surface area contributed by atoms with Crippen LogP contribution >= 0.6 is 0 Å². The van der Waals surface area contributed by atoms with Gasteiger partial charge in [-0.15, -0.1) is 0 Å². The number of rotatable bonds is 9. The molecule has 9 nitrogen and oxygen atoms in total. The van der Waals surface area contributed by atoms with Crippen molar-refractivity contribution in [1.29, 1.82) is 0 Å². The highest BCUT2D eigenvalue weighted by molar-refractivity contribution is 7.92. The summed E-state index contributed by atoms with van der Waals surface area (Å²) >= 11 is 0. The smallest absolute Gasteiger partial charge is 0.267 e. The Morgan fingerprint density at radius 1 is 0.919 bits per heavy atom. The number of benzene rings is 3. The topological polar surface area (TPSA) is 113 Å². The number of anilines is 2. The zero-order valence-corrected chi connectivity index (χ0v) is 22.2. The van der Waals surface area contributed by atoms with Gasteiger partial charge in [-0.25, -0.2) is 16.8 Å². The molecule has 0 radical (unpaired) electrons. The summed E-state index contributed by atoms with van der Waals surface area (Å²) in [5.41, 5.74) is 1.37. The first-order valence-corrected chi connectivity index (χ1v) is 14.9. The second kappa shape index (κ2) is 10.9. The van der Waals surface area contributed by atoms with E-state index in [9.17, 15) is 21.6 Å². The fourth-order valence-electron chi connectivity index (χ4n) is 4.11. The van der Waals surface area contributed by atoms with Gasteiger partial charge in [0.1, 0.15) is 5.75 Å². The summed E-state index contributed by atoms with van der Waals surface area (Å²) < 4.78 is 60.6. The minimum Gasteiger partial charge on any atom is -0.476 e. The Bertz CT molecular complexity index is 1460. The van der Waals surface area contributed by atoms with Crippen LogP contribution in [0.2, 0.25) is 0 Å². The SMILES string of the molecule is CCN(CC)S(=O)(=O)c1ccc(NC(=O)[C@@H]2CN(S(=O)(=O)Cc3ccccc3)c3ccccc3O2)cc1. The molecule has 1 N–H and O–H groups in total. The molecular formula is C26H29N3O6S2. The number of hydrogen-bond acceptors (Lipinski definition) is 6. The molecule has 0 aliphatic carbocycles. The number of amides is 1. The number of sulfonamides is 2. The zero-order valence-electron chi connectivity index (χ0n) is 20.6. The number of hydrogen-bond donors (Lipinski definition) is 1. The molecule has 3 aromatic carbocycles. The van der Waals surface area contributed by atoms with E-state index in [1.165, 1.54) is 32.9 Å². The molecule has 0 unspecified atom stereocenters. The Balaban J connectivity index is 1.53. The molecule has 1 aliphatic heterocycles. The highest BCUT2D eigenvalue weighted by Gasteiger charge is 2.36. The number of nitrogens with zero attached hydrogens (tertiary/aromatic N) is 2. The van der Waals surface area contributed by atoms with Gasteiger partial charge >= 0.3 is 0 Å². The largest absolute Gasteiger partial charge is 0.476 e. The average molecular weight is 544 g/mol. The van der Waals surface area contributed by atoms with E-state index < -0.39 is 32.1 Å². The molecule has 1 atom stereocenters. The van der Waals surface area contributed by atoms with E-state index in [1.54, 1.807) is 62.4 Å². The highest BCUT2D eigenvalue weighted by atomic mass is 32.2. The van der Waals surface area contributed by atoms with Crippen LogP contribution in [0.1, 0.15) is 19.4 Å². The van der Waals surface area contributed by atoms with Crippen molar-refractivity contribution in [2.45, 2.75) is 30.6 Å². The Labute approximate surface area is 217 Å². The van der Waals surface area contributed by atoms with Crippen LogP contribution in [0.5, 0.6) is 5.75 Å². The summed E-state index contributed by atoms with van der Waals surface area (Å²) in [6, 6.07) is 21.3. The summed E-state index contributed by atoms with van der Waals surface area (Å²) in [6.07, 6.45) is -1.11. The van der Waals surface area contributed by atoms with E-state index in [0.717, 1.165) is 0 Å². The first-order valence-electron chi connectivity index (χ1n) is 11.9. The predicted molar refractivity (Wildman–Crippen MR) is 142 cm³/mol. The summed E-state index contributed by atoms with van der Waals surface area (Å²) in [6.45, 7) is 4.03. The Kier molecular flexibility index (Phi) is 7.86. The Hall–Kier alpha value is -3.41. The molecule has 196 valence electrons. The standard InChI is InChI=1S/C26H29N3O6S2/c1-3-28(4-2)37(33,34)22-16-14-21(15-17-22)27-26(30)25-18-29(23-12-8-9-13-24(23)35-25)36(31,32)19-20-10-6-5-7-11-20/h5-17,25H,3-4,18-19H2,1-2H3,(H,27,30)/t25-/m0/s1. The number of ether oxygens (including phenoxy) is 1. The van der Waals surface area contributed by atoms with Gasteiger partial charge in [0.2, 0.25) is 20.0 Å². The predicted octanol–water partition coefficient (Wildman–Crippen LogP) is 3.45. The van der Waals surface area contributed by atoms with Crippen LogP contribution in [-0.4, -0.2) is 52.8 Å². The van der Waals surface area contributed by atoms with Gasteiger partial charge in [-0.3, -0.25) is 9.10 Å². The molecule has 0 saturated heterocycles. The lowest BCUT2D eigenvalue weighted by atomic mass is 10.2. The Morgan fingerprint density at radius 2 is 1.54 bits per heavy atom. The molecule has 4 rings (SSSR count). The van der Waals surface area contributed by atoms with Gasteiger partial charge < -0.3 is 10.1 Å². The number of carbonyl (C=O) groups excluding carboxylic acids is 1. The van der Waals surface area contributed by atoms with Crippen LogP contribution in [0.3, 0.4) is 0 Å². The highest BCUT2D eigenvalue weighted by Crippen LogP contribution is 2.36. The third-order valence-corrected chi connectivity index (χ3v) is 9.80. The lowest BCUT2D eigenvalue weighted by Gasteiger charge is -2.34. The van der Waals surface area contributed by atoms with E-state index in [0.29, 0.717) is 30.0 Å². The summed E-state index contributed by atoms with van der Waals surface area (Å²) in [5.74, 6) is -0.487. The van der Waals surface area contributed by atoms with Crippen molar-refractivity contribution in [3.8, 4) is 5.75 Å². The van der Waals surface area contributed by atoms with Crippen LogP contribution in [0.4, 0.5) is 11.4 Å². The second-order valence-electron chi connectivity index (χ2n) is 8.45. The summed E-state index contributed by atoms with van der Waals surface area (Å²) in [4.78, 5) is 13.2. The average Bonchev–Trinajstić information content (AvgIpc) is 2.89. The van der Waals surface area contributed by atoms with Gasteiger partial charge in [0.15, 0.2) is 6.10 Å². The van der Waals surface area contributed by atoms with E-state index in [1.807, 2.05) is 6.07 Å². The van der Waals surface area contributed by atoms with Crippen molar-refractivity contribution in [1.82, 2.24) is 4.31 Å². The molecule has 3 aromatic rings.